The summed E-state index contributed by atoms with van der Waals surface area (Å²) in [5.41, 5.74) is 14.6. The lowest BCUT2D eigenvalue weighted by Gasteiger charge is -2.15. The number of benzene rings is 2. The molecular formula is C24H21N3O. The maximum atomic E-state index is 12.4. The van der Waals surface area contributed by atoms with Gasteiger partial charge in [-0.2, -0.15) is 0 Å². The molecule has 0 fully saturated rings. The van der Waals surface area contributed by atoms with Gasteiger partial charge < -0.3 is 10.3 Å². The normalized spacial score (nSPS) is 13.0. The summed E-state index contributed by atoms with van der Waals surface area (Å²) in [6.07, 6.45) is 3.04. The predicted molar refractivity (Wildman–Crippen MR) is 112 cm³/mol. The maximum Gasteiger partial charge on any atom is 0.252 e. The van der Waals surface area contributed by atoms with Crippen LogP contribution in [-0.4, -0.2) is 15.5 Å². The summed E-state index contributed by atoms with van der Waals surface area (Å²) in [7, 11) is 0. The molecule has 5 rings (SSSR count). The zero-order chi connectivity index (χ0) is 19.3. The number of primary amides is 1. The fourth-order valence-corrected chi connectivity index (χ4v) is 4.52. The lowest BCUT2D eigenvalue weighted by molar-refractivity contribution is 0.100. The van der Waals surface area contributed by atoms with Crippen molar-refractivity contribution in [1.29, 1.82) is 0 Å². The summed E-state index contributed by atoms with van der Waals surface area (Å²) in [6, 6.07) is 20.5. The zero-order valence-corrected chi connectivity index (χ0v) is 15.8. The van der Waals surface area contributed by atoms with E-state index in [0.717, 1.165) is 47.4 Å². The summed E-state index contributed by atoms with van der Waals surface area (Å²) in [5.74, 6) is -0.429. The molecule has 28 heavy (non-hydrogen) atoms. The van der Waals surface area contributed by atoms with Gasteiger partial charge in [0.15, 0.2) is 0 Å². The van der Waals surface area contributed by atoms with E-state index in [2.05, 4.69) is 41.0 Å². The van der Waals surface area contributed by atoms with E-state index in [-0.39, 0.29) is 0 Å². The Labute approximate surface area is 163 Å². The quantitative estimate of drug-likeness (QED) is 0.576. The first kappa shape index (κ1) is 16.8. The molecule has 1 aliphatic rings. The van der Waals surface area contributed by atoms with Gasteiger partial charge in [0.2, 0.25) is 0 Å². The molecule has 4 aromatic rings. The van der Waals surface area contributed by atoms with Gasteiger partial charge in [0.05, 0.1) is 11.1 Å². The lowest BCUT2D eigenvalue weighted by Crippen LogP contribution is -2.13. The molecule has 4 heteroatoms. The van der Waals surface area contributed by atoms with Crippen LogP contribution in [-0.2, 0) is 12.8 Å². The van der Waals surface area contributed by atoms with E-state index < -0.39 is 5.91 Å². The molecule has 2 heterocycles. The van der Waals surface area contributed by atoms with Crippen LogP contribution in [0.5, 0.6) is 0 Å². The third kappa shape index (κ3) is 2.38. The van der Waals surface area contributed by atoms with Crippen molar-refractivity contribution in [2.45, 2.75) is 26.2 Å². The minimum Gasteiger partial charge on any atom is -0.365 e. The van der Waals surface area contributed by atoms with Gasteiger partial charge in [0.25, 0.3) is 5.91 Å². The number of carbonyl (C=O) groups is 1. The standard InChI is InChI=1S/C24H21N3O/c1-15-20(24(25)28)22-23(27(15)17-11-6-3-7-12-17)21(16-9-4-2-5-10-16)18-13-8-14-19(18)26-22/h2-7,9-12H,8,13-14H2,1H3,(H2,25,28). The molecule has 0 aliphatic heterocycles. The second-order valence-corrected chi connectivity index (χ2v) is 7.32. The Balaban J connectivity index is 2.01. The molecule has 2 aromatic heterocycles. The second-order valence-electron chi connectivity index (χ2n) is 7.32. The number of nitrogens with two attached hydrogens (primary N) is 1. The maximum absolute atomic E-state index is 12.4. The first-order chi connectivity index (χ1) is 13.7. The fraction of sp³-hybridized carbons (Fsp3) is 0.167. The van der Waals surface area contributed by atoms with Crippen LogP contribution in [0.3, 0.4) is 0 Å². The van der Waals surface area contributed by atoms with Crippen LogP contribution < -0.4 is 5.73 Å². The van der Waals surface area contributed by atoms with Crippen molar-refractivity contribution in [2.24, 2.45) is 5.73 Å². The van der Waals surface area contributed by atoms with Crippen molar-refractivity contribution in [3.8, 4) is 16.8 Å². The number of carbonyl (C=O) groups excluding carboxylic acids is 1. The van der Waals surface area contributed by atoms with Crippen LogP contribution in [0, 0.1) is 6.92 Å². The minimum atomic E-state index is -0.429. The molecule has 0 spiro atoms. The smallest absolute Gasteiger partial charge is 0.252 e. The summed E-state index contributed by atoms with van der Waals surface area (Å²) in [4.78, 5) is 17.3. The van der Waals surface area contributed by atoms with E-state index in [1.165, 1.54) is 11.1 Å². The zero-order valence-electron chi connectivity index (χ0n) is 15.8. The average molecular weight is 367 g/mol. The first-order valence-electron chi connectivity index (χ1n) is 9.64. The Kier molecular flexibility index (Phi) is 3.79. The molecule has 0 saturated carbocycles. The molecule has 2 aromatic carbocycles. The van der Waals surface area contributed by atoms with Crippen molar-refractivity contribution in [1.82, 2.24) is 9.55 Å². The molecule has 0 unspecified atom stereocenters. The largest absolute Gasteiger partial charge is 0.365 e. The van der Waals surface area contributed by atoms with Gasteiger partial charge in [-0.3, -0.25) is 9.78 Å². The number of amides is 1. The molecule has 0 bridgehead atoms. The van der Waals surface area contributed by atoms with E-state index in [1.54, 1.807) is 0 Å². The number of hydrogen-bond donors (Lipinski definition) is 1. The van der Waals surface area contributed by atoms with Crippen molar-refractivity contribution >= 4 is 16.9 Å². The summed E-state index contributed by atoms with van der Waals surface area (Å²) in [6.45, 7) is 1.95. The van der Waals surface area contributed by atoms with Gasteiger partial charge >= 0.3 is 0 Å². The van der Waals surface area contributed by atoms with Gasteiger partial charge in [-0.25, -0.2) is 0 Å². The molecule has 138 valence electrons. The highest BCUT2D eigenvalue weighted by molar-refractivity contribution is 6.10. The summed E-state index contributed by atoms with van der Waals surface area (Å²) in [5, 5.41) is 0. The van der Waals surface area contributed by atoms with Gasteiger partial charge in [-0.15, -0.1) is 0 Å². The second kappa shape index (κ2) is 6.34. The molecule has 0 saturated heterocycles. The molecule has 2 N–H and O–H groups in total. The van der Waals surface area contributed by atoms with Crippen LogP contribution in [0.15, 0.2) is 60.7 Å². The van der Waals surface area contributed by atoms with Crippen LogP contribution in [0.1, 0.15) is 33.7 Å². The molecule has 0 radical (unpaired) electrons. The third-order valence-corrected chi connectivity index (χ3v) is 5.68. The topological polar surface area (TPSA) is 60.9 Å². The van der Waals surface area contributed by atoms with Crippen molar-refractivity contribution in [3.05, 3.63) is 83.2 Å². The first-order valence-corrected chi connectivity index (χ1v) is 9.64. The molecular weight excluding hydrogens is 346 g/mol. The van der Waals surface area contributed by atoms with E-state index in [4.69, 9.17) is 10.7 Å². The Hall–Kier alpha value is -3.40. The van der Waals surface area contributed by atoms with Crippen LogP contribution >= 0.6 is 0 Å². The Morgan fingerprint density at radius 3 is 2.36 bits per heavy atom. The third-order valence-electron chi connectivity index (χ3n) is 5.68. The highest BCUT2D eigenvalue weighted by Gasteiger charge is 2.28. The number of rotatable bonds is 3. The highest BCUT2D eigenvalue weighted by atomic mass is 16.1. The van der Waals surface area contributed by atoms with Crippen molar-refractivity contribution in [2.75, 3.05) is 0 Å². The molecule has 1 aliphatic carbocycles. The number of fused-ring (bicyclic) bond motifs is 2. The van der Waals surface area contributed by atoms with Gasteiger partial charge in [-0.05, 0) is 49.4 Å². The predicted octanol–water partition coefficient (Wildman–Crippen LogP) is 4.59. The van der Waals surface area contributed by atoms with E-state index >= 15 is 0 Å². The highest BCUT2D eigenvalue weighted by Crippen LogP contribution is 2.41. The number of hydrogen-bond acceptors (Lipinski definition) is 2. The Bertz CT molecular complexity index is 1210. The minimum absolute atomic E-state index is 0.429. The van der Waals surface area contributed by atoms with E-state index in [9.17, 15) is 4.79 Å². The number of nitrogens with zero attached hydrogens (tertiary/aromatic N) is 2. The van der Waals surface area contributed by atoms with Gasteiger partial charge in [0.1, 0.15) is 5.52 Å². The van der Waals surface area contributed by atoms with E-state index in [1.807, 2.05) is 31.2 Å². The Morgan fingerprint density at radius 2 is 1.68 bits per heavy atom. The molecule has 0 atom stereocenters. The molecule has 4 nitrogen and oxygen atoms in total. The van der Waals surface area contributed by atoms with Crippen molar-refractivity contribution < 1.29 is 4.79 Å². The van der Waals surface area contributed by atoms with Gasteiger partial charge in [-0.1, -0.05) is 48.5 Å². The number of para-hydroxylation sites is 1. The van der Waals surface area contributed by atoms with Crippen LogP contribution in [0.4, 0.5) is 0 Å². The Morgan fingerprint density at radius 1 is 1.00 bits per heavy atom. The monoisotopic (exact) mass is 367 g/mol. The van der Waals surface area contributed by atoms with Gasteiger partial charge in [0, 0.05) is 22.6 Å². The van der Waals surface area contributed by atoms with Crippen molar-refractivity contribution in [3.63, 3.8) is 0 Å². The summed E-state index contributed by atoms with van der Waals surface area (Å²) >= 11 is 0. The fourth-order valence-electron chi connectivity index (χ4n) is 4.52. The summed E-state index contributed by atoms with van der Waals surface area (Å²) < 4.78 is 2.14. The SMILES string of the molecule is Cc1c(C(N)=O)c2nc3c(c(-c4ccccc4)c2n1-c1ccccc1)CCC3. The van der Waals surface area contributed by atoms with E-state index in [0.29, 0.717) is 11.1 Å². The lowest BCUT2D eigenvalue weighted by atomic mass is 9.97. The average Bonchev–Trinajstić information content (AvgIpc) is 3.28. The number of aromatic nitrogens is 2. The number of pyridine rings is 1. The van der Waals surface area contributed by atoms with Crippen LogP contribution in [0.25, 0.3) is 27.8 Å². The van der Waals surface area contributed by atoms with Crippen LogP contribution in [0.2, 0.25) is 0 Å². The number of aryl methyl sites for hydroxylation is 1. The molecule has 1 amide bonds.